The fraction of sp³-hybridized carbons (Fsp3) is 0. The molecule has 0 aliphatic heterocycles. The van der Waals surface area contributed by atoms with Crippen molar-refractivity contribution in [3.8, 4) is 0 Å². The first-order valence-electron chi connectivity index (χ1n) is 0.577. The molecule has 0 bridgehead atoms. The Morgan fingerprint density at radius 2 is 1.20 bits per heavy atom. The van der Waals surface area contributed by atoms with Gasteiger partial charge in [0.05, 0.1) is 0 Å². The molecule has 0 aromatic carbocycles. The Labute approximate surface area is 69.3 Å². The van der Waals surface area contributed by atoms with Gasteiger partial charge in [0.1, 0.15) is 0 Å². The predicted molar refractivity (Wildman–Crippen MR) is 8.52 cm³/mol. The first-order valence-corrected chi connectivity index (χ1v) is 3.44. The SMILES string of the molecule is [O]=[InH].[O]=[Zn].[W]. The van der Waals surface area contributed by atoms with Gasteiger partial charge in [-0.05, 0) is 0 Å². The van der Waals surface area contributed by atoms with Gasteiger partial charge in [0.15, 0.2) is 0 Å². The Morgan fingerprint density at radius 1 is 1.20 bits per heavy atom. The largest absolute Gasteiger partial charge is 0 e. The van der Waals surface area contributed by atoms with Crippen LogP contribution in [0.15, 0.2) is 0 Å². The summed E-state index contributed by atoms with van der Waals surface area (Å²) in [6.07, 6.45) is 0. The van der Waals surface area contributed by atoms with Crippen molar-refractivity contribution in [2.75, 3.05) is 0 Å². The molecule has 0 spiro atoms. The summed E-state index contributed by atoms with van der Waals surface area (Å²) in [7, 11) is 0. The number of hydrogen-bond acceptors (Lipinski definition) is 2. The van der Waals surface area contributed by atoms with Crippen LogP contribution < -0.4 is 0 Å². The zero-order chi connectivity index (χ0) is 4.00. The fourth-order valence-corrected chi connectivity index (χ4v) is 0. The van der Waals surface area contributed by atoms with Crippen molar-refractivity contribution < 1.29 is 45.7 Å². The molecule has 0 amide bonds. The van der Waals surface area contributed by atoms with Gasteiger partial charge in [-0.15, -0.1) is 0 Å². The molecule has 24 valence electrons. The fourth-order valence-electron chi connectivity index (χ4n) is 0. The maximum Gasteiger partial charge on any atom is 0 e. The molecule has 0 aromatic rings. The molecule has 0 saturated heterocycles. The topological polar surface area (TPSA) is 34.1 Å². The molecule has 0 N–H and O–H groups in total. The van der Waals surface area contributed by atoms with Crippen LogP contribution in [0.1, 0.15) is 0 Å². The van der Waals surface area contributed by atoms with E-state index < -0.39 is 0 Å². The number of rotatable bonds is 0. The van der Waals surface area contributed by atoms with Crippen molar-refractivity contribution in [3.63, 3.8) is 0 Å². The van der Waals surface area contributed by atoms with E-state index in [4.69, 9.17) is 6.43 Å². The van der Waals surface area contributed by atoms with Gasteiger partial charge in [-0.2, -0.15) is 0 Å². The van der Waals surface area contributed by atoms with Gasteiger partial charge in [-0.3, -0.25) is 0 Å². The second kappa shape index (κ2) is 41.6. The average molecular weight is 397 g/mol. The molecule has 0 atom stereocenters. The van der Waals surface area contributed by atoms with Crippen LogP contribution in [0.4, 0.5) is 0 Å². The van der Waals surface area contributed by atoms with Crippen LogP contribution in [-0.2, 0) is 45.7 Å². The van der Waals surface area contributed by atoms with Gasteiger partial charge >= 0.3 is 49.1 Å². The molecule has 0 unspecified atom stereocenters. The van der Waals surface area contributed by atoms with E-state index in [1.165, 1.54) is 0 Å². The number of hydrogen-bond donors (Lipinski definition) is 0. The van der Waals surface area contributed by atoms with E-state index in [2.05, 4.69) is 0 Å². The van der Waals surface area contributed by atoms with Crippen molar-refractivity contribution in [1.82, 2.24) is 0 Å². The van der Waals surface area contributed by atoms with Crippen molar-refractivity contribution >= 4 is 24.4 Å². The molecular formula is HInO2WZn. The smallest absolute Gasteiger partial charge is 0 e. The van der Waals surface area contributed by atoms with Gasteiger partial charge in [0, 0.05) is 21.1 Å². The standard InChI is InChI=1S/In.2O.W.Zn.H. The summed E-state index contributed by atoms with van der Waals surface area (Å²) >= 11 is 0.0250. The zero-order valence-electron chi connectivity index (χ0n) is 2.64. The monoisotopic (exact) mass is 396 g/mol. The van der Waals surface area contributed by atoms with E-state index >= 15 is 0 Å². The Kier molecular flexibility index (Phi) is 132. The third-order valence-electron chi connectivity index (χ3n) is 0. The molecule has 2 nitrogen and oxygen atoms in total. The summed E-state index contributed by atoms with van der Waals surface area (Å²) in [5, 5.41) is 0. The Hall–Kier alpha value is 1.78. The third kappa shape index (κ3) is 26.0. The van der Waals surface area contributed by atoms with Crippen LogP contribution in [0.2, 0.25) is 0 Å². The van der Waals surface area contributed by atoms with Crippen LogP contribution >= 0.6 is 0 Å². The molecule has 5 heavy (non-hydrogen) atoms. The van der Waals surface area contributed by atoms with Crippen LogP contribution in [0.25, 0.3) is 0 Å². The quantitative estimate of drug-likeness (QED) is 0.498. The van der Waals surface area contributed by atoms with E-state index in [1.807, 2.05) is 0 Å². The summed E-state index contributed by atoms with van der Waals surface area (Å²) < 4.78 is 16.8. The molecular weight excluding hydrogens is 396 g/mol. The van der Waals surface area contributed by atoms with Crippen molar-refractivity contribution in [2.24, 2.45) is 0 Å². The van der Waals surface area contributed by atoms with Crippen molar-refractivity contribution in [3.05, 3.63) is 0 Å². The summed E-state index contributed by atoms with van der Waals surface area (Å²) in [5.41, 5.74) is 0. The van der Waals surface area contributed by atoms with Crippen LogP contribution in [0.3, 0.4) is 0 Å². The second-order valence-corrected chi connectivity index (χ2v) is 0. The van der Waals surface area contributed by atoms with Crippen LogP contribution in [0.5, 0.6) is 0 Å². The summed E-state index contributed by atoms with van der Waals surface area (Å²) in [6, 6.07) is 0. The van der Waals surface area contributed by atoms with Crippen LogP contribution in [-0.4, -0.2) is 24.4 Å². The summed E-state index contributed by atoms with van der Waals surface area (Å²) in [5.74, 6) is 0. The predicted octanol–water partition coefficient (Wildman–Crippen LogP) is -0.891. The van der Waals surface area contributed by atoms with E-state index in [0.29, 0.717) is 0 Å². The first-order chi connectivity index (χ1) is 2.00. The van der Waals surface area contributed by atoms with E-state index in [-0.39, 0.29) is 63.7 Å². The van der Waals surface area contributed by atoms with E-state index in [9.17, 15) is 0 Å². The van der Waals surface area contributed by atoms with Gasteiger partial charge in [0.25, 0.3) is 0 Å². The van der Waals surface area contributed by atoms with E-state index in [1.54, 1.807) is 0 Å². The molecule has 0 heterocycles. The van der Waals surface area contributed by atoms with Gasteiger partial charge in [-0.25, -0.2) is 0 Å². The third-order valence-corrected chi connectivity index (χ3v) is 0. The van der Waals surface area contributed by atoms with Crippen molar-refractivity contribution in [1.29, 1.82) is 0 Å². The molecule has 0 rings (SSSR count). The minimum absolute atomic E-state index is 0. The van der Waals surface area contributed by atoms with Gasteiger partial charge in [-0.1, -0.05) is 0 Å². The molecule has 0 aliphatic rings. The molecule has 0 radical (unpaired) electrons. The molecule has 0 fully saturated rings. The molecule has 0 saturated carbocycles. The zero-order valence-corrected chi connectivity index (χ0v) is 12.6. The first kappa shape index (κ1) is 15.9. The molecule has 5 heteroatoms. The molecule has 0 aliphatic carbocycles. The summed E-state index contributed by atoms with van der Waals surface area (Å²) in [6.45, 7) is 0. The normalized spacial score (nSPS) is 1.80. The maximum absolute atomic E-state index is 8.42. The van der Waals surface area contributed by atoms with E-state index in [0.717, 1.165) is 0 Å². The van der Waals surface area contributed by atoms with Gasteiger partial charge < -0.3 is 0 Å². The molecule has 0 aromatic heterocycles. The Morgan fingerprint density at radius 3 is 1.20 bits per heavy atom. The van der Waals surface area contributed by atoms with Crippen LogP contribution in [0, 0.1) is 0 Å². The minimum Gasteiger partial charge on any atom is 0 e. The Balaban J connectivity index is -0.0000000133. The summed E-state index contributed by atoms with van der Waals surface area (Å²) in [4.78, 5) is 0. The average Bonchev–Trinajstić information content (AvgIpc) is 1.50. The minimum atomic E-state index is -0.1000. The van der Waals surface area contributed by atoms with Crippen molar-refractivity contribution in [2.45, 2.75) is 0 Å². The Bertz CT molecular complexity index is 11.6. The second-order valence-electron chi connectivity index (χ2n) is 0. The van der Waals surface area contributed by atoms with Gasteiger partial charge in [0.2, 0.25) is 0 Å². The maximum atomic E-state index is 8.42.